The average molecular weight is 221 g/mol. The molecule has 88 valence electrons. The fourth-order valence-corrected chi connectivity index (χ4v) is 2.07. The van der Waals surface area contributed by atoms with Gasteiger partial charge in [-0.25, -0.2) is 0 Å². The molecule has 1 aromatic carbocycles. The molecule has 0 aliphatic rings. The van der Waals surface area contributed by atoms with Crippen molar-refractivity contribution in [2.45, 2.75) is 32.1 Å². The van der Waals surface area contributed by atoms with Crippen LogP contribution in [0.3, 0.4) is 0 Å². The van der Waals surface area contributed by atoms with Gasteiger partial charge in [0.1, 0.15) is 5.75 Å². The van der Waals surface area contributed by atoms with Crippen molar-refractivity contribution in [2.75, 3.05) is 7.11 Å². The molecule has 1 aromatic rings. The van der Waals surface area contributed by atoms with Gasteiger partial charge in [0.25, 0.3) is 0 Å². The van der Waals surface area contributed by atoms with Gasteiger partial charge in [-0.1, -0.05) is 26.0 Å². The lowest BCUT2D eigenvalue weighted by Crippen LogP contribution is -2.40. The largest absolute Gasteiger partial charge is 0.497 e. The predicted octanol–water partition coefficient (Wildman–Crippen LogP) is 2.24. The molecule has 1 amide bonds. The van der Waals surface area contributed by atoms with Crippen molar-refractivity contribution >= 4 is 5.91 Å². The van der Waals surface area contributed by atoms with Crippen LogP contribution in [0, 0.1) is 0 Å². The topological polar surface area (TPSA) is 52.3 Å². The van der Waals surface area contributed by atoms with Crippen LogP contribution < -0.4 is 10.5 Å². The number of carbonyl (C=O) groups excluding carboxylic acids is 1. The predicted molar refractivity (Wildman–Crippen MR) is 64.4 cm³/mol. The first kappa shape index (κ1) is 12.6. The van der Waals surface area contributed by atoms with Crippen molar-refractivity contribution in [1.82, 2.24) is 0 Å². The van der Waals surface area contributed by atoms with Gasteiger partial charge in [0.15, 0.2) is 0 Å². The molecule has 0 heterocycles. The van der Waals surface area contributed by atoms with Gasteiger partial charge in [0.2, 0.25) is 5.91 Å². The monoisotopic (exact) mass is 221 g/mol. The zero-order valence-corrected chi connectivity index (χ0v) is 10.1. The Labute approximate surface area is 96.6 Å². The van der Waals surface area contributed by atoms with E-state index in [0.29, 0.717) is 12.8 Å². The molecule has 0 saturated heterocycles. The van der Waals surface area contributed by atoms with Crippen LogP contribution in [0.15, 0.2) is 24.3 Å². The summed E-state index contributed by atoms with van der Waals surface area (Å²) in [4.78, 5) is 11.7. The third-order valence-corrected chi connectivity index (χ3v) is 3.30. The van der Waals surface area contributed by atoms with Gasteiger partial charge in [-0.3, -0.25) is 4.79 Å². The molecule has 0 bridgehead atoms. The second-order valence-electron chi connectivity index (χ2n) is 3.89. The highest BCUT2D eigenvalue weighted by molar-refractivity contribution is 5.86. The highest BCUT2D eigenvalue weighted by Crippen LogP contribution is 2.33. The van der Waals surface area contributed by atoms with E-state index in [2.05, 4.69) is 0 Å². The lowest BCUT2D eigenvalue weighted by Gasteiger charge is -2.28. The molecule has 0 unspecified atom stereocenters. The van der Waals surface area contributed by atoms with E-state index in [9.17, 15) is 4.79 Å². The second kappa shape index (κ2) is 5.01. The summed E-state index contributed by atoms with van der Waals surface area (Å²) < 4.78 is 5.17. The molecule has 0 aromatic heterocycles. The molecular weight excluding hydrogens is 202 g/mol. The molecule has 0 radical (unpaired) electrons. The highest BCUT2D eigenvalue weighted by atomic mass is 16.5. The number of benzene rings is 1. The Balaban J connectivity index is 3.25. The Bertz CT molecular complexity index is 370. The Morgan fingerprint density at radius 2 is 2.00 bits per heavy atom. The number of carbonyl (C=O) groups is 1. The summed E-state index contributed by atoms with van der Waals surface area (Å²) in [6.45, 7) is 3.96. The van der Waals surface area contributed by atoms with Crippen LogP contribution in [-0.4, -0.2) is 13.0 Å². The minimum Gasteiger partial charge on any atom is -0.497 e. The third-order valence-electron chi connectivity index (χ3n) is 3.30. The number of rotatable bonds is 5. The van der Waals surface area contributed by atoms with E-state index in [1.807, 2.05) is 38.1 Å². The van der Waals surface area contributed by atoms with Crippen molar-refractivity contribution in [2.24, 2.45) is 5.73 Å². The van der Waals surface area contributed by atoms with Crippen molar-refractivity contribution in [3.05, 3.63) is 29.8 Å². The SMILES string of the molecule is CCC(CC)(C(N)=O)c1cccc(OC)c1. The summed E-state index contributed by atoms with van der Waals surface area (Å²) >= 11 is 0. The summed E-state index contributed by atoms with van der Waals surface area (Å²) in [5, 5.41) is 0. The van der Waals surface area contributed by atoms with Gasteiger partial charge >= 0.3 is 0 Å². The zero-order valence-electron chi connectivity index (χ0n) is 10.1. The van der Waals surface area contributed by atoms with Gasteiger partial charge in [0.05, 0.1) is 12.5 Å². The average Bonchev–Trinajstić information content (AvgIpc) is 2.31. The van der Waals surface area contributed by atoms with E-state index in [1.165, 1.54) is 0 Å². The van der Waals surface area contributed by atoms with E-state index in [1.54, 1.807) is 7.11 Å². The van der Waals surface area contributed by atoms with Crippen LogP contribution in [0.25, 0.3) is 0 Å². The number of ether oxygens (including phenoxy) is 1. The van der Waals surface area contributed by atoms with Crippen molar-refractivity contribution in [1.29, 1.82) is 0 Å². The molecule has 0 atom stereocenters. The summed E-state index contributed by atoms with van der Waals surface area (Å²) in [6.07, 6.45) is 1.40. The normalized spacial score (nSPS) is 11.2. The molecule has 0 aliphatic heterocycles. The first-order valence-corrected chi connectivity index (χ1v) is 5.55. The van der Waals surface area contributed by atoms with Crippen LogP contribution in [0.5, 0.6) is 5.75 Å². The van der Waals surface area contributed by atoms with Crippen molar-refractivity contribution < 1.29 is 9.53 Å². The van der Waals surface area contributed by atoms with Gasteiger partial charge in [0, 0.05) is 0 Å². The molecule has 0 saturated carbocycles. The first-order valence-electron chi connectivity index (χ1n) is 5.55. The molecule has 2 N–H and O–H groups in total. The molecular formula is C13H19NO2. The molecule has 0 fully saturated rings. The molecule has 3 nitrogen and oxygen atoms in total. The lowest BCUT2D eigenvalue weighted by molar-refractivity contribution is -0.123. The smallest absolute Gasteiger partial charge is 0.228 e. The third kappa shape index (κ3) is 2.03. The maximum atomic E-state index is 11.7. The minimum absolute atomic E-state index is 0.272. The zero-order chi connectivity index (χ0) is 12.2. The van der Waals surface area contributed by atoms with Crippen LogP contribution in [0.2, 0.25) is 0 Å². The summed E-state index contributed by atoms with van der Waals surface area (Å²) in [6, 6.07) is 7.57. The number of hydrogen-bond donors (Lipinski definition) is 1. The Morgan fingerprint density at radius 3 is 2.44 bits per heavy atom. The highest BCUT2D eigenvalue weighted by Gasteiger charge is 2.34. The van der Waals surface area contributed by atoms with Crippen LogP contribution in [0.1, 0.15) is 32.3 Å². The van der Waals surface area contributed by atoms with Gasteiger partial charge < -0.3 is 10.5 Å². The van der Waals surface area contributed by atoms with Crippen LogP contribution in [0.4, 0.5) is 0 Å². The van der Waals surface area contributed by atoms with Gasteiger partial charge in [-0.15, -0.1) is 0 Å². The maximum Gasteiger partial charge on any atom is 0.228 e. The van der Waals surface area contributed by atoms with E-state index in [4.69, 9.17) is 10.5 Å². The van der Waals surface area contributed by atoms with Crippen molar-refractivity contribution in [3.8, 4) is 5.75 Å². The molecule has 0 spiro atoms. The van der Waals surface area contributed by atoms with Crippen LogP contribution >= 0.6 is 0 Å². The summed E-state index contributed by atoms with van der Waals surface area (Å²) in [7, 11) is 1.61. The number of nitrogens with two attached hydrogens (primary N) is 1. The summed E-state index contributed by atoms with van der Waals surface area (Å²) in [5.41, 5.74) is 5.90. The Kier molecular flexibility index (Phi) is 3.93. The van der Waals surface area contributed by atoms with Gasteiger partial charge in [-0.2, -0.15) is 0 Å². The quantitative estimate of drug-likeness (QED) is 0.829. The van der Waals surface area contributed by atoms with E-state index in [0.717, 1.165) is 11.3 Å². The van der Waals surface area contributed by atoms with Crippen molar-refractivity contribution in [3.63, 3.8) is 0 Å². The molecule has 16 heavy (non-hydrogen) atoms. The Hall–Kier alpha value is -1.51. The lowest BCUT2D eigenvalue weighted by atomic mass is 9.75. The molecule has 0 aliphatic carbocycles. The number of amides is 1. The maximum absolute atomic E-state index is 11.7. The molecule has 3 heteroatoms. The van der Waals surface area contributed by atoms with E-state index >= 15 is 0 Å². The van der Waals surface area contributed by atoms with Crippen LogP contribution in [-0.2, 0) is 10.2 Å². The van der Waals surface area contributed by atoms with E-state index in [-0.39, 0.29) is 5.91 Å². The molecule has 1 rings (SSSR count). The summed E-state index contributed by atoms with van der Waals surface area (Å²) in [5.74, 6) is 0.482. The standard InChI is InChI=1S/C13H19NO2/c1-4-13(5-2,12(14)15)10-7-6-8-11(9-10)16-3/h6-9H,4-5H2,1-3H3,(H2,14,15). The Morgan fingerprint density at radius 1 is 1.38 bits per heavy atom. The number of primary amides is 1. The van der Waals surface area contributed by atoms with Gasteiger partial charge in [-0.05, 0) is 30.5 Å². The minimum atomic E-state index is -0.575. The number of hydrogen-bond acceptors (Lipinski definition) is 2. The fourth-order valence-electron chi connectivity index (χ4n) is 2.07. The fraction of sp³-hybridized carbons (Fsp3) is 0.462. The number of methoxy groups -OCH3 is 1. The van der Waals surface area contributed by atoms with E-state index < -0.39 is 5.41 Å². The first-order chi connectivity index (χ1) is 7.60. The second-order valence-corrected chi connectivity index (χ2v) is 3.89.